The van der Waals surface area contributed by atoms with Crippen molar-refractivity contribution in [2.75, 3.05) is 10.5 Å². The van der Waals surface area contributed by atoms with Gasteiger partial charge in [-0.2, -0.15) is 0 Å². The number of anilines is 2. The molecule has 3 aromatic rings. The highest BCUT2D eigenvalue weighted by molar-refractivity contribution is 9.10. The van der Waals surface area contributed by atoms with Gasteiger partial charge in [0.15, 0.2) is 0 Å². The third kappa shape index (κ3) is 3.41. The van der Waals surface area contributed by atoms with E-state index in [4.69, 9.17) is 15.3 Å². The molecule has 0 unspecified atom stereocenters. The van der Waals surface area contributed by atoms with E-state index in [1.165, 1.54) is 6.07 Å². The van der Waals surface area contributed by atoms with E-state index in [-0.39, 0.29) is 21.8 Å². The smallest absolute Gasteiger partial charge is 0.360 e. The van der Waals surface area contributed by atoms with Crippen LogP contribution < -0.4 is 16.1 Å². The van der Waals surface area contributed by atoms with Crippen LogP contribution in [0.15, 0.2) is 61.0 Å². The molecule has 2 aromatic carbocycles. The van der Waals surface area contributed by atoms with E-state index in [0.717, 1.165) is 22.7 Å². The van der Waals surface area contributed by atoms with Gasteiger partial charge in [0.25, 0.3) is 10.0 Å². The largest absolute Gasteiger partial charge is 0.478 e. The monoisotopic (exact) mass is 438 g/mol. The van der Waals surface area contributed by atoms with E-state index in [1.807, 2.05) is 0 Å². The SMILES string of the molecule is Nc1ccc(S(=O)(=O)Nc2cc3cc(Br)ccc3oc2=O)cc1C(=O)O. The van der Waals surface area contributed by atoms with Crippen LogP contribution in [0.3, 0.4) is 0 Å². The number of nitrogens with two attached hydrogens (primary N) is 1. The van der Waals surface area contributed by atoms with Crippen molar-refractivity contribution in [1.82, 2.24) is 0 Å². The average molecular weight is 439 g/mol. The van der Waals surface area contributed by atoms with Crippen LogP contribution in [0.1, 0.15) is 10.4 Å². The van der Waals surface area contributed by atoms with Gasteiger partial charge in [-0.3, -0.25) is 4.72 Å². The number of sulfonamides is 1. The number of carbonyl (C=O) groups is 1. The Kier molecular flexibility index (Phi) is 4.46. The van der Waals surface area contributed by atoms with Gasteiger partial charge >= 0.3 is 11.6 Å². The molecule has 134 valence electrons. The maximum absolute atomic E-state index is 12.5. The average Bonchev–Trinajstić information content (AvgIpc) is 2.55. The number of halogens is 1. The first kappa shape index (κ1) is 18.0. The summed E-state index contributed by atoms with van der Waals surface area (Å²) in [4.78, 5) is 22.8. The molecule has 0 aliphatic heterocycles. The highest BCUT2D eigenvalue weighted by Crippen LogP contribution is 2.23. The number of nitrogen functional groups attached to an aromatic ring is 1. The maximum Gasteiger partial charge on any atom is 0.360 e. The number of nitrogens with one attached hydrogen (secondary N) is 1. The van der Waals surface area contributed by atoms with E-state index in [0.29, 0.717) is 11.0 Å². The quantitative estimate of drug-likeness (QED) is 0.419. The van der Waals surface area contributed by atoms with Gasteiger partial charge in [0.05, 0.1) is 10.5 Å². The number of hydrogen-bond acceptors (Lipinski definition) is 6. The summed E-state index contributed by atoms with van der Waals surface area (Å²) in [5.41, 5.74) is 4.20. The van der Waals surface area contributed by atoms with Gasteiger partial charge in [-0.1, -0.05) is 15.9 Å². The fourth-order valence-corrected chi connectivity index (χ4v) is 3.71. The van der Waals surface area contributed by atoms with Gasteiger partial charge in [-0.05, 0) is 42.5 Å². The van der Waals surface area contributed by atoms with Crippen molar-refractivity contribution in [3.05, 3.63) is 62.9 Å². The molecule has 0 bridgehead atoms. The van der Waals surface area contributed by atoms with Crippen LogP contribution in [0.5, 0.6) is 0 Å². The fourth-order valence-electron chi connectivity index (χ4n) is 2.26. The molecule has 1 aromatic heterocycles. The molecule has 3 rings (SSSR count). The second-order valence-electron chi connectivity index (χ2n) is 5.29. The van der Waals surface area contributed by atoms with Crippen LogP contribution in [0.4, 0.5) is 11.4 Å². The van der Waals surface area contributed by atoms with Gasteiger partial charge in [0, 0.05) is 15.5 Å². The molecule has 0 amide bonds. The lowest BCUT2D eigenvalue weighted by molar-refractivity contribution is 0.0698. The molecular weight excluding hydrogens is 428 g/mol. The Bertz CT molecular complexity index is 1200. The minimum Gasteiger partial charge on any atom is -0.478 e. The molecule has 0 radical (unpaired) electrons. The minimum atomic E-state index is -4.23. The summed E-state index contributed by atoms with van der Waals surface area (Å²) in [6.45, 7) is 0. The number of rotatable bonds is 4. The van der Waals surface area contributed by atoms with Crippen LogP contribution >= 0.6 is 15.9 Å². The van der Waals surface area contributed by atoms with Crippen molar-refractivity contribution < 1.29 is 22.7 Å². The highest BCUT2D eigenvalue weighted by atomic mass is 79.9. The van der Waals surface area contributed by atoms with E-state index < -0.39 is 21.6 Å². The number of aromatic carboxylic acids is 1. The van der Waals surface area contributed by atoms with Gasteiger partial charge in [0.1, 0.15) is 11.3 Å². The number of hydrogen-bond donors (Lipinski definition) is 3. The topological polar surface area (TPSA) is 140 Å². The molecule has 10 heteroatoms. The zero-order chi connectivity index (χ0) is 19.1. The Balaban J connectivity index is 2.06. The molecule has 0 aliphatic carbocycles. The molecule has 26 heavy (non-hydrogen) atoms. The first-order valence-corrected chi connectivity index (χ1v) is 9.34. The second-order valence-corrected chi connectivity index (χ2v) is 7.89. The zero-order valence-corrected chi connectivity index (χ0v) is 15.3. The number of benzene rings is 2. The van der Waals surface area contributed by atoms with Crippen molar-refractivity contribution in [2.24, 2.45) is 0 Å². The molecule has 1 heterocycles. The third-order valence-corrected chi connectivity index (χ3v) is 5.36. The van der Waals surface area contributed by atoms with Gasteiger partial charge in [-0.15, -0.1) is 0 Å². The first-order valence-electron chi connectivity index (χ1n) is 7.06. The lowest BCUT2D eigenvalue weighted by Crippen LogP contribution is -2.19. The molecular formula is C16H11BrN2O6S. The van der Waals surface area contributed by atoms with Gasteiger partial charge in [-0.25, -0.2) is 18.0 Å². The van der Waals surface area contributed by atoms with E-state index >= 15 is 0 Å². The normalized spacial score (nSPS) is 11.4. The van der Waals surface area contributed by atoms with Crippen LogP contribution in [-0.4, -0.2) is 19.5 Å². The predicted molar refractivity (Wildman–Crippen MR) is 98.8 cm³/mol. The Hall–Kier alpha value is -2.85. The molecule has 0 aliphatic rings. The summed E-state index contributed by atoms with van der Waals surface area (Å²) in [5, 5.41) is 9.57. The van der Waals surface area contributed by atoms with Crippen molar-refractivity contribution >= 4 is 54.3 Å². The Morgan fingerprint density at radius 2 is 1.88 bits per heavy atom. The highest BCUT2D eigenvalue weighted by Gasteiger charge is 2.20. The van der Waals surface area contributed by atoms with E-state index in [1.54, 1.807) is 18.2 Å². The third-order valence-electron chi connectivity index (χ3n) is 3.50. The van der Waals surface area contributed by atoms with Crippen molar-refractivity contribution in [1.29, 1.82) is 0 Å². The maximum atomic E-state index is 12.5. The van der Waals surface area contributed by atoms with Crippen molar-refractivity contribution in [3.63, 3.8) is 0 Å². The lowest BCUT2D eigenvalue weighted by atomic mass is 10.2. The summed E-state index contributed by atoms with van der Waals surface area (Å²) in [5.74, 6) is -1.37. The number of carboxylic acids is 1. The molecule has 0 saturated carbocycles. The minimum absolute atomic E-state index is 0.0773. The molecule has 0 spiro atoms. The second kappa shape index (κ2) is 6.46. The fraction of sp³-hybridized carbons (Fsp3) is 0. The Morgan fingerprint density at radius 1 is 1.15 bits per heavy atom. The van der Waals surface area contributed by atoms with Crippen molar-refractivity contribution in [3.8, 4) is 0 Å². The summed E-state index contributed by atoms with van der Waals surface area (Å²) >= 11 is 3.28. The summed E-state index contributed by atoms with van der Waals surface area (Å²) < 4.78 is 32.9. The van der Waals surface area contributed by atoms with E-state index in [9.17, 15) is 18.0 Å². The molecule has 0 saturated heterocycles. The van der Waals surface area contributed by atoms with E-state index in [2.05, 4.69) is 20.7 Å². The summed E-state index contributed by atoms with van der Waals surface area (Å²) in [7, 11) is -4.23. The number of carboxylic acid groups (broad SMARTS) is 1. The van der Waals surface area contributed by atoms with Gasteiger partial charge in [0.2, 0.25) is 0 Å². The summed E-state index contributed by atoms with van der Waals surface area (Å²) in [6, 6.07) is 9.45. The Morgan fingerprint density at radius 3 is 2.58 bits per heavy atom. The predicted octanol–water partition coefficient (Wildman–Crippen LogP) is 2.64. The number of fused-ring (bicyclic) bond motifs is 1. The molecule has 0 fully saturated rings. The van der Waals surface area contributed by atoms with Gasteiger partial charge < -0.3 is 15.3 Å². The molecule has 4 N–H and O–H groups in total. The van der Waals surface area contributed by atoms with Crippen LogP contribution in [-0.2, 0) is 10.0 Å². The van der Waals surface area contributed by atoms with Crippen LogP contribution in [0, 0.1) is 0 Å². The first-order chi connectivity index (χ1) is 12.2. The van der Waals surface area contributed by atoms with Crippen molar-refractivity contribution in [2.45, 2.75) is 4.90 Å². The Labute approximate surface area is 155 Å². The summed E-state index contributed by atoms with van der Waals surface area (Å²) in [6.07, 6.45) is 0. The van der Waals surface area contributed by atoms with Crippen LogP contribution in [0.2, 0.25) is 0 Å². The molecule has 8 nitrogen and oxygen atoms in total. The lowest BCUT2D eigenvalue weighted by Gasteiger charge is -2.09. The zero-order valence-electron chi connectivity index (χ0n) is 12.9. The van der Waals surface area contributed by atoms with Crippen LogP contribution in [0.25, 0.3) is 11.0 Å². The standard InChI is InChI=1S/C16H11BrN2O6S/c17-9-1-4-14-8(5-9)6-13(16(22)25-14)19-26(23,24)10-2-3-12(18)11(7-10)15(20)21/h1-7,19H,18H2,(H,20,21). The molecule has 0 atom stereocenters.